The second-order valence-corrected chi connectivity index (χ2v) is 4.16. The normalized spacial score (nSPS) is 13.6. The predicted octanol–water partition coefficient (Wildman–Crippen LogP) is 2.77. The van der Waals surface area contributed by atoms with E-state index in [9.17, 15) is 9.18 Å². The van der Waals surface area contributed by atoms with Crippen LogP contribution in [0, 0.1) is 5.82 Å². The van der Waals surface area contributed by atoms with E-state index in [2.05, 4.69) is 11.9 Å². The molecule has 0 aliphatic rings. The molecule has 0 amide bonds. The zero-order chi connectivity index (χ0) is 14.3. The van der Waals surface area contributed by atoms with E-state index in [0.717, 1.165) is 0 Å². The molecule has 104 valence electrons. The summed E-state index contributed by atoms with van der Waals surface area (Å²) >= 11 is 0. The third kappa shape index (κ3) is 3.41. The molecule has 0 aliphatic heterocycles. The number of nitrogens with one attached hydrogen (secondary N) is 1. The molecule has 0 aliphatic carbocycles. The van der Waals surface area contributed by atoms with Crippen molar-refractivity contribution in [3.05, 3.63) is 48.3 Å². The van der Waals surface area contributed by atoms with Crippen LogP contribution in [-0.4, -0.2) is 19.1 Å². The van der Waals surface area contributed by atoms with E-state index >= 15 is 0 Å². The van der Waals surface area contributed by atoms with Gasteiger partial charge in [-0.1, -0.05) is 25.1 Å². The van der Waals surface area contributed by atoms with E-state index in [0.29, 0.717) is 18.5 Å². The summed E-state index contributed by atoms with van der Waals surface area (Å²) in [6.45, 7) is 7.95. The number of hydrogen-bond acceptors (Lipinski definition) is 3. The maximum Gasteiger partial charge on any atom is 0.330 e. The fraction of sp³-hybridized carbons (Fsp3) is 0.400. The molecular formula is C15H20FNO2. The number of carbonyl (C=O) groups excluding carboxylic acids is 1. The summed E-state index contributed by atoms with van der Waals surface area (Å²) in [5.74, 6) is -0.773. The Labute approximate surface area is 113 Å². The molecule has 0 fully saturated rings. The summed E-state index contributed by atoms with van der Waals surface area (Å²) < 4.78 is 18.5. The van der Waals surface area contributed by atoms with Gasteiger partial charge in [-0.25, -0.2) is 9.18 Å². The molecule has 1 aromatic carbocycles. The summed E-state index contributed by atoms with van der Waals surface area (Å²) in [7, 11) is 0. The molecule has 0 saturated carbocycles. The molecule has 1 aromatic rings. The Morgan fingerprint density at radius 2 is 2.26 bits per heavy atom. The van der Waals surface area contributed by atoms with Gasteiger partial charge in [-0.3, -0.25) is 5.32 Å². The molecule has 0 saturated heterocycles. The second-order valence-electron chi connectivity index (χ2n) is 4.16. The molecule has 0 bridgehead atoms. The van der Waals surface area contributed by atoms with Crippen molar-refractivity contribution in [1.29, 1.82) is 0 Å². The SMILES string of the molecule is C=CCNC(CC)(C(=O)OCC)c1cccc(F)c1. The standard InChI is InChI=1S/C15H20FNO2/c1-4-10-17-15(5-2,14(18)19-6-3)12-8-7-9-13(16)11-12/h4,7-9,11,17H,1,5-6,10H2,2-3H3. The van der Waals surface area contributed by atoms with Gasteiger partial charge in [0, 0.05) is 6.54 Å². The average molecular weight is 265 g/mol. The van der Waals surface area contributed by atoms with Crippen molar-refractivity contribution in [3.8, 4) is 0 Å². The molecule has 1 rings (SSSR count). The molecule has 0 radical (unpaired) electrons. The highest BCUT2D eigenvalue weighted by Gasteiger charge is 2.39. The van der Waals surface area contributed by atoms with Gasteiger partial charge in [0.1, 0.15) is 11.4 Å². The van der Waals surface area contributed by atoms with E-state index in [1.165, 1.54) is 12.1 Å². The van der Waals surface area contributed by atoms with Gasteiger partial charge in [0.15, 0.2) is 0 Å². The molecule has 4 heteroatoms. The van der Waals surface area contributed by atoms with Crippen LogP contribution in [0.25, 0.3) is 0 Å². The molecule has 1 N–H and O–H groups in total. The Bertz CT molecular complexity index is 448. The first kappa shape index (κ1) is 15.4. The predicted molar refractivity (Wildman–Crippen MR) is 73.2 cm³/mol. The van der Waals surface area contributed by atoms with Gasteiger partial charge in [0.2, 0.25) is 0 Å². The maximum absolute atomic E-state index is 13.4. The number of halogens is 1. The lowest BCUT2D eigenvalue weighted by Gasteiger charge is -2.31. The number of ether oxygens (including phenoxy) is 1. The van der Waals surface area contributed by atoms with E-state index in [1.807, 2.05) is 6.92 Å². The second kappa shape index (κ2) is 7.04. The highest BCUT2D eigenvalue weighted by molar-refractivity contribution is 5.82. The van der Waals surface area contributed by atoms with Gasteiger partial charge >= 0.3 is 5.97 Å². The van der Waals surface area contributed by atoms with Crippen molar-refractivity contribution >= 4 is 5.97 Å². The van der Waals surface area contributed by atoms with Gasteiger partial charge in [0.05, 0.1) is 6.61 Å². The molecular weight excluding hydrogens is 245 g/mol. The van der Waals surface area contributed by atoms with Crippen molar-refractivity contribution in [2.75, 3.05) is 13.2 Å². The highest BCUT2D eigenvalue weighted by atomic mass is 19.1. The molecule has 0 spiro atoms. The van der Waals surface area contributed by atoms with Crippen LogP contribution in [0.1, 0.15) is 25.8 Å². The monoisotopic (exact) mass is 265 g/mol. The smallest absolute Gasteiger partial charge is 0.330 e. The quantitative estimate of drug-likeness (QED) is 0.608. The lowest BCUT2D eigenvalue weighted by molar-refractivity contribution is -0.152. The Balaban J connectivity index is 3.22. The van der Waals surface area contributed by atoms with Gasteiger partial charge in [-0.2, -0.15) is 0 Å². The highest BCUT2D eigenvalue weighted by Crippen LogP contribution is 2.27. The van der Waals surface area contributed by atoms with Crippen LogP contribution in [0.5, 0.6) is 0 Å². The number of carbonyl (C=O) groups is 1. The van der Waals surface area contributed by atoms with Gasteiger partial charge in [-0.05, 0) is 31.0 Å². The fourth-order valence-electron chi connectivity index (χ4n) is 2.02. The number of hydrogen-bond donors (Lipinski definition) is 1. The molecule has 19 heavy (non-hydrogen) atoms. The summed E-state index contributed by atoms with van der Waals surface area (Å²) in [5, 5.41) is 3.10. The molecule has 1 unspecified atom stereocenters. The molecule has 3 nitrogen and oxygen atoms in total. The van der Waals surface area contributed by atoms with Gasteiger partial charge in [0.25, 0.3) is 0 Å². The van der Waals surface area contributed by atoms with Crippen molar-refractivity contribution in [2.24, 2.45) is 0 Å². The largest absolute Gasteiger partial charge is 0.464 e. The van der Waals surface area contributed by atoms with Gasteiger partial charge in [-0.15, -0.1) is 6.58 Å². The Morgan fingerprint density at radius 3 is 2.79 bits per heavy atom. The third-order valence-corrected chi connectivity index (χ3v) is 3.02. The van der Waals surface area contributed by atoms with Crippen LogP contribution in [-0.2, 0) is 15.1 Å². The minimum absolute atomic E-state index is 0.283. The van der Waals surface area contributed by atoms with Crippen molar-refractivity contribution in [3.63, 3.8) is 0 Å². The summed E-state index contributed by atoms with van der Waals surface area (Å²) in [5.41, 5.74) is -0.470. The Kier molecular flexibility index (Phi) is 5.70. The topological polar surface area (TPSA) is 38.3 Å². The van der Waals surface area contributed by atoms with E-state index in [1.54, 1.807) is 25.1 Å². The van der Waals surface area contributed by atoms with Crippen LogP contribution in [0.2, 0.25) is 0 Å². The number of esters is 1. The first-order chi connectivity index (χ1) is 9.10. The van der Waals surface area contributed by atoms with Crippen LogP contribution in [0.4, 0.5) is 4.39 Å². The van der Waals surface area contributed by atoms with Crippen LogP contribution in [0.3, 0.4) is 0 Å². The third-order valence-electron chi connectivity index (χ3n) is 3.02. The number of benzene rings is 1. The average Bonchev–Trinajstić information content (AvgIpc) is 2.40. The maximum atomic E-state index is 13.4. The molecule has 1 atom stereocenters. The number of rotatable bonds is 7. The molecule has 0 heterocycles. The zero-order valence-corrected chi connectivity index (χ0v) is 11.4. The Morgan fingerprint density at radius 1 is 1.53 bits per heavy atom. The minimum atomic E-state index is -1.04. The summed E-state index contributed by atoms with van der Waals surface area (Å²) in [6, 6.07) is 6.02. The van der Waals surface area contributed by atoms with Crippen LogP contribution in [0.15, 0.2) is 36.9 Å². The van der Waals surface area contributed by atoms with Crippen molar-refractivity contribution in [2.45, 2.75) is 25.8 Å². The molecule has 0 aromatic heterocycles. The van der Waals surface area contributed by atoms with Crippen molar-refractivity contribution < 1.29 is 13.9 Å². The fourth-order valence-corrected chi connectivity index (χ4v) is 2.02. The Hall–Kier alpha value is -1.68. The van der Waals surface area contributed by atoms with Gasteiger partial charge < -0.3 is 4.74 Å². The first-order valence-corrected chi connectivity index (χ1v) is 6.40. The van der Waals surface area contributed by atoms with Crippen LogP contribution >= 0.6 is 0 Å². The zero-order valence-electron chi connectivity index (χ0n) is 11.4. The van der Waals surface area contributed by atoms with E-state index in [-0.39, 0.29) is 12.4 Å². The summed E-state index contributed by atoms with van der Waals surface area (Å²) in [4.78, 5) is 12.3. The lowest BCUT2D eigenvalue weighted by Crippen LogP contribution is -2.50. The minimum Gasteiger partial charge on any atom is -0.464 e. The van der Waals surface area contributed by atoms with Crippen molar-refractivity contribution in [1.82, 2.24) is 5.32 Å². The van der Waals surface area contributed by atoms with Crippen LogP contribution < -0.4 is 5.32 Å². The summed E-state index contributed by atoms with van der Waals surface area (Å²) in [6.07, 6.45) is 2.12. The van der Waals surface area contributed by atoms with E-state index < -0.39 is 11.5 Å². The lowest BCUT2D eigenvalue weighted by atomic mass is 9.87. The first-order valence-electron chi connectivity index (χ1n) is 6.40. The van der Waals surface area contributed by atoms with E-state index in [4.69, 9.17) is 4.74 Å².